The van der Waals surface area contributed by atoms with Gasteiger partial charge in [-0.3, -0.25) is 4.79 Å². The van der Waals surface area contributed by atoms with Crippen LogP contribution in [-0.2, 0) is 17.6 Å². The number of thioether (sulfide) groups is 1. The van der Waals surface area contributed by atoms with Crippen molar-refractivity contribution in [2.24, 2.45) is 5.92 Å². The van der Waals surface area contributed by atoms with E-state index >= 15 is 0 Å². The molecule has 0 unspecified atom stereocenters. The van der Waals surface area contributed by atoms with Gasteiger partial charge >= 0.3 is 0 Å². The lowest BCUT2D eigenvalue weighted by Gasteiger charge is -2.17. The molecule has 5 heteroatoms. The van der Waals surface area contributed by atoms with Crippen molar-refractivity contribution in [1.29, 1.82) is 5.26 Å². The van der Waals surface area contributed by atoms with E-state index in [4.69, 9.17) is 0 Å². The maximum Gasteiger partial charge on any atom is 0.243 e. The number of nitrogens with one attached hydrogen (secondary N) is 1. The summed E-state index contributed by atoms with van der Waals surface area (Å²) in [5.74, 6) is 0.537. The standard InChI is InChI=1S/C24H22N2OS2/c1-16-12-13-19-20(15-25)24(29-21(19)14-16)26-23(27)22(17-8-4-2-5-9-17)28-18-10-6-3-7-11-18/h2-11,16,22H,12-14H2,1H3,(H,26,27)/t16-,22+/m0/s1. The molecule has 0 saturated carbocycles. The molecule has 0 fully saturated rings. The zero-order valence-corrected chi connectivity index (χ0v) is 17.9. The number of nitriles is 1. The quantitative estimate of drug-likeness (QED) is 0.501. The van der Waals surface area contributed by atoms with Gasteiger partial charge in [-0.15, -0.1) is 23.1 Å². The third-order valence-electron chi connectivity index (χ3n) is 5.20. The van der Waals surface area contributed by atoms with E-state index in [2.05, 4.69) is 18.3 Å². The number of benzene rings is 2. The van der Waals surface area contributed by atoms with Gasteiger partial charge in [0.15, 0.2) is 0 Å². The summed E-state index contributed by atoms with van der Waals surface area (Å²) < 4.78 is 0. The topological polar surface area (TPSA) is 52.9 Å². The zero-order chi connectivity index (χ0) is 20.2. The highest BCUT2D eigenvalue weighted by molar-refractivity contribution is 8.00. The zero-order valence-electron chi connectivity index (χ0n) is 16.2. The van der Waals surface area contributed by atoms with Gasteiger partial charge in [-0.05, 0) is 48.4 Å². The Morgan fingerprint density at radius 3 is 2.55 bits per heavy atom. The van der Waals surface area contributed by atoms with Gasteiger partial charge in [-0.25, -0.2) is 0 Å². The Balaban J connectivity index is 1.63. The van der Waals surface area contributed by atoms with Gasteiger partial charge in [0, 0.05) is 9.77 Å². The molecule has 0 radical (unpaired) electrons. The fourth-order valence-electron chi connectivity index (χ4n) is 3.67. The molecule has 1 amide bonds. The number of rotatable bonds is 5. The molecule has 0 bridgehead atoms. The molecule has 2 atom stereocenters. The minimum Gasteiger partial charge on any atom is -0.315 e. The molecule has 0 spiro atoms. The Bertz CT molecular complexity index is 1040. The molecule has 1 aromatic heterocycles. The summed E-state index contributed by atoms with van der Waals surface area (Å²) in [6.45, 7) is 2.24. The first-order chi connectivity index (χ1) is 14.2. The molecule has 2 aromatic carbocycles. The minimum absolute atomic E-state index is 0.0896. The normalized spacial score (nSPS) is 16.5. The van der Waals surface area contributed by atoms with Crippen LogP contribution >= 0.6 is 23.1 Å². The van der Waals surface area contributed by atoms with E-state index in [-0.39, 0.29) is 11.2 Å². The van der Waals surface area contributed by atoms with Crippen LogP contribution in [0.3, 0.4) is 0 Å². The van der Waals surface area contributed by atoms with Crippen LogP contribution in [0, 0.1) is 17.2 Å². The van der Waals surface area contributed by atoms with Gasteiger partial charge in [-0.2, -0.15) is 5.26 Å². The highest BCUT2D eigenvalue weighted by Gasteiger charge is 2.27. The van der Waals surface area contributed by atoms with Crippen LogP contribution in [0.15, 0.2) is 65.6 Å². The third kappa shape index (κ3) is 4.39. The first-order valence-electron chi connectivity index (χ1n) is 9.78. The summed E-state index contributed by atoms with van der Waals surface area (Å²) in [7, 11) is 0. The van der Waals surface area contributed by atoms with E-state index in [9.17, 15) is 10.1 Å². The Hall–Kier alpha value is -2.55. The van der Waals surface area contributed by atoms with Gasteiger partial charge in [0.25, 0.3) is 0 Å². The number of thiophene rings is 1. The molecule has 1 aliphatic carbocycles. The Morgan fingerprint density at radius 1 is 1.17 bits per heavy atom. The van der Waals surface area contributed by atoms with E-state index in [1.165, 1.54) is 16.6 Å². The smallest absolute Gasteiger partial charge is 0.243 e. The second kappa shape index (κ2) is 8.86. The molecule has 1 heterocycles. The number of carbonyl (C=O) groups excluding carboxylic acids is 1. The fourth-order valence-corrected chi connectivity index (χ4v) is 6.08. The Labute approximate surface area is 179 Å². The van der Waals surface area contributed by atoms with Crippen LogP contribution in [0.5, 0.6) is 0 Å². The molecular formula is C24H22N2OS2. The summed E-state index contributed by atoms with van der Waals surface area (Å²) in [6, 6.07) is 22.1. The van der Waals surface area contributed by atoms with Crippen LogP contribution < -0.4 is 5.32 Å². The molecule has 0 saturated heterocycles. The van der Waals surface area contributed by atoms with Crippen LogP contribution in [0.25, 0.3) is 0 Å². The van der Waals surface area contributed by atoms with Crippen molar-refractivity contribution in [3.8, 4) is 6.07 Å². The molecule has 3 nitrogen and oxygen atoms in total. The maximum absolute atomic E-state index is 13.3. The lowest BCUT2D eigenvalue weighted by molar-refractivity contribution is -0.115. The Morgan fingerprint density at radius 2 is 1.86 bits per heavy atom. The largest absolute Gasteiger partial charge is 0.315 e. The number of nitrogens with zero attached hydrogens (tertiary/aromatic N) is 1. The van der Waals surface area contributed by atoms with Crippen molar-refractivity contribution >= 4 is 34.0 Å². The van der Waals surface area contributed by atoms with Crippen LogP contribution in [0.4, 0.5) is 5.00 Å². The van der Waals surface area contributed by atoms with E-state index in [1.807, 2.05) is 60.7 Å². The maximum atomic E-state index is 13.3. The predicted molar refractivity (Wildman–Crippen MR) is 120 cm³/mol. The SMILES string of the molecule is C[C@H]1CCc2c(sc(NC(=O)[C@H](Sc3ccccc3)c3ccccc3)c2C#N)C1. The summed E-state index contributed by atoms with van der Waals surface area (Å²) >= 11 is 3.10. The van der Waals surface area contributed by atoms with Crippen molar-refractivity contribution < 1.29 is 4.79 Å². The number of hydrogen-bond acceptors (Lipinski definition) is 4. The van der Waals surface area contributed by atoms with Crippen molar-refractivity contribution in [2.75, 3.05) is 5.32 Å². The highest BCUT2D eigenvalue weighted by atomic mass is 32.2. The number of amides is 1. The molecule has 1 N–H and O–H groups in total. The summed E-state index contributed by atoms with van der Waals surface area (Å²) in [6.07, 6.45) is 3.01. The van der Waals surface area contributed by atoms with Crippen LogP contribution in [0.1, 0.15) is 40.2 Å². The predicted octanol–water partition coefficient (Wildman–Crippen LogP) is 6.22. The Kier molecular flexibility index (Phi) is 6.03. The van der Waals surface area contributed by atoms with Gasteiger partial charge in [0.05, 0.1) is 5.56 Å². The third-order valence-corrected chi connectivity index (χ3v) is 7.63. The summed E-state index contributed by atoms with van der Waals surface area (Å²) in [5.41, 5.74) is 2.74. The molecule has 4 rings (SSSR count). The van der Waals surface area contributed by atoms with E-state index < -0.39 is 0 Å². The number of anilines is 1. The lowest BCUT2D eigenvalue weighted by Crippen LogP contribution is -2.19. The monoisotopic (exact) mass is 418 g/mol. The number of hydrogen-bond donors (Lipinski definition) is 1. The highest BCUT2D eigenvalue weighted by Crippen LogP contribution is 2.41. The van der Waals surface area contributed by atoms with E-state index in [1.54, 1.807) is 11.3 Å². The first kappa shape index (κ1) is 19.8. The molecule has 1 aliphatic rings. The first-order valence-corrected chi connectivity index (χ1v) is 11.5. The van der Waals surface area contributed by atoms with Gasteiger partial charge in [0.2, 0.25) is 5.91 Å². The summed E-state index contributed by atoms with van der Waals surface area (Å²) in [5, 5.41) is 13.1. The average molecular weight is 419 g/mol. The van der Waals surface area contributed by atoms with E-state index in [0.29, 0.717) is 16.5 Å². The second-order valence-corrected chi connectivity index (χ2v) is 9.66. The van der Waals surface area contributed by atoms with Crippen molar-refractivity contribution in [3.63, 3.8) is 0 Å². The van der Waals surface area contributed by atoms with Crippen LogP contribution in [0.2, 0.25) is 0 Å². The second-order valence-electron chi connectivity index (χ2n) is 7.38. The summed E-state index contributed by atoms with van der Waals surface area (Å²) in [4.78, 5) is 15.6. The fraction of sp³-hybridized carbons (Fsp3) is 0.250. The van der Waals surface area contributed by atoms with E-state index in [0.717, 1.165) is 35.3 Å². The lowest BCUT2D eigenvalue weighted by atomic mass is 9.88. The van der Waals surface area contributed by atoms with Gasteiger partial charge < -0.3 is 5.32 Å². The molecule has 3 aromatic rings. The molecule has 29 heavy (non-hydrogen) atoms. The molecule has 146 valence electrons. The molecular weight excluding hydrogens is 396 g/mol. The van der Waals surface area contributed by atoms with Crippen molar-refractivity contribution in [1.82, 2.24) is 0 Å². The number of fused-ring (bicyclic) bond motifs is 1. The van der Waals surface area contributed by atoms with Crippen molar-refractivity contribution in [2.45, 2.75) is 36.3 Å². The van der Waals surface area contributed by atoms with Gasteiger partial charge in [-0.1, -0.05) is 55.5 Å². The van der Waals surface area contributed by atoms with Gasteiger partial charge in [0.1, 0.15) is 16.3 Å². The van der Waals surface area contributed by atoms with Crippen molar-refractivity contribution in [3.05, 3.63) is 82.2 Å². The average Bonchev–Trinajstić information content (AvgIpc) is 3.09. The van der Waals surface area contributed by atoms with Crippen LogP contribution in [-0.4, -0.2) is 5.91 Å². The molecule has 0 aliphatic heterocycles. The minimum atomic E-state index is -0.386. The number of carbonyl (C=O) groups is 1.